The van der Waals surface area contributed by atoms with Gasteiger partial charge in [-0.05, 0) is 55.5 Å². The van der Waals surface area contributed by atoms with Crippen molar-refractivity contribution in [1.82, 2.24) is 25.0 Å². The second kappa shape index (κ2) is 10.3. The molecule has 1 aliphatic carbocycles. The van der Waals surface area contributed by atoms with Crippen LogP contribution in [0.1, 0.15) is 59.6 Å². The zero-order valence-electron chi connectivity index (χ0n) is 21.5. The van der Waals surface area contributed by atoms with Crippen molar-refractivity contribution < 1.29 is 23.2 Å². The number of hydrogen-bond donors (Lipinski definition) is 1. The number of rotatable bonds is 7. The zero-order valence-corrected chi connectivity index (χ0v) is 21.5. The second-order valence-electron chi connectivity index (χ2n) is 10.2. The number of anilines is 1. The number of nitrogens with zero attached hydrogens (tertiary/aromatic N) is 6. The monoisotopic (exact) mass is 534 g/mol. The second-order valence-corrected chi connectivity index (χ2v) is 10.2. The van der Waals surface area contributed by atoms with Gasteiger partial charge in [0.2, 0.25) is 5.89 Å². The Labute approximate surface area is 223 Å². The summed E-state index contributed by atoms with van der Waals surface area (Å²) in [5.74, 6) is 0.943. The number of aromatic nitrogens is 4. The van der Waals surface area contributed by atoms with Crippen molar-refractivity contribution in [3.05, 3.63) is 65.6 Å². The van der Waals surface area contributed by atoms with Crippen molar-refractivity contribution in [1.29, 1.82) is 0 Å². The third-order valence-electron chi connectivity index (χ3n) is 7.52. The number of carbonyl (C=O) groups excluding carboxylic acids is 1. The molecule has 4 aromatic rings. The normalized spacial score (nSPS) is 16.2. The first-order chi connectivity index (χ1) is 18.9. The molecule has 0 unspecified atom stereocenters. The van der Waals surface area contributed by atoms with Crippen LogP contribution < -0.4 is 4.90 Å². The summed E-state index contributed by atoms with van der Waals surface area (Å²) in [5.41, 5.74) is 1.17. The van der Waals surface area contributed by atoms with E-state index in [0.29, 0.717) is 46.9 Å². The molecule has 1 aliphatic heterocycles. The number of aliphatic hydroxyl groups excluding tert-OH is 1. The fourth-order valence-corrected chi connectivity index (χ4v) is 5.16. The van der Waals surface area contributed by atoms with Crippen LogP contribution >= 0.6 is 0 Å². The molecule has 2 aromatic carbocycles. The molecule has 1 amide bonds. The average molecular weight is 535 g/mol. The van der Waals surface area contributed by atoms with E-state index in [1.165, 1.54) is 42.5 Å². The van der Waals surface area contributed by atoms with Crippen molar-refractivity contribution in [3.8, 4) is 11.1 Å². The van der Waals surface area contributed by atoms with E-state index in [1.807, 2.05) is 0 Å². The minimum absolute atomic E-state index is 0.0854. The van der Waals surface area contributed by atoms with Gasteiger partial charge in [-0.15, -0.1) is 0 Å². The maximum atomic E-state index is 15.0. The number of piperidine rings is 1. The van der Waals surface area contributed by atoms with Gasteiger partial charge in [-0.3, -0.25) is 4.79 Å². The average Bonchev–Trinajstić information content (AvgIpc) is 3.68. The molecule has 1 N–H and O–H groups in total. The third-order valence-corrected chi connectivity index (χ3v) is 7.52. The summed E-state index contributed by atoms with van der Waals surface area (Å²) >= 11 is 0. The van der Waals surface area contributed by atoms with E-state index in [-0.39, 0.29) is 24.6 Å². The number of benzene rings is 2. The van der Waals surface area contributed by atoms with Gasteiger partial charge in [-0.1, -0.05) is 11.2 Å². The number of halogens is 2. The molecule has 6 rings (SSSR count). The highest BCUT2D eigenvalue weighted by atomic mass is 19.1. The van der Waals surface area contributed by atoms with E-state index in [1.54, 1.807) is 6.07 Å². The van der Waals surface area contributed by atoms with Gasteiger partial charge in [0.25, 0.3) is 5.91 Å². The fraction of sp³-hybridized carbons (Fsp3) is 0.393. The summed E-state index contributed by atoms with van der Waals surface area (Å²) < 4.78 is 35.4. The van der Waals surface area contributed by atoms with Crippen LogP contribution in [0.5, 0.6) is 0 Å². The Kier molecular flexibility index (Phi) is 6.68. The first-order valence-corrected chi connectivity index (χ1v) is 13.1. The lowest BCUT2D eigenvalue weighted by Gasteiger charge is -2.32. The Hall–Kier alpha value is -3.99. The van der Waals surface area contributed by atoms with Crippen LogP contribution in [0.2, 0.25) is 0 Å². The predicted octanol–water partition coefficient (Wildman–Crippen LogP) is 4.28. The standard InChI is InChI=1S/C28H28F2N6O3/c1-35(10-11-37)28(38)20-5-4-18(12-23(20)30)21-13-19(29)14-22-24(21)31-15-32-26(22)36-8-6-16(7-9-36)25-33-27(39-34-25)17-2-3-17/h4-5,12-17,37H,2-3,6-11H2,1H3. The van der Waals surface area contributed by atoms with Gasteiger partial charge < -0.3 is 19.4 Å². The first-order valence-electron chi connectivity index (χ1n) is 13.1. The van der Waals surface area contributed by atoms with Crippen molar-refractivity contribution >= 4 is 22.6 Å². The number of hydrogen-bond acceptors (Lipinski definition) is 8. The predicted molar refractivity (Wildman–Crippen MR) is 139 cm³/mol. The smallest absolute Gasteiger partial charge is 0.256 e. The minimum Gasteiger partial charge on any atom is -0.395 e. The van der Waals surface area contributed by atoms with Crippen LogP contribution in [0.25, 0.3) is 22.0 Å². The van der Waals surface area contributed by atoms with Crippen LogP contribution in [0.4, 0.5) is 14.6 Å². The van der Waals surface area contributed by atoms with Crippen LogP contribution in [-0.4, -0.2) is 69.3 Å². The van der Waals surface area contributed by atoms with E-state index in [4.69, 9.17) is 9.63 Å². The summed E-state index contributed by atoms with van der Waals surface area (Å²) in [4.78, 5) is 29.4. The number of aliphatic hydroxyl groups is 1. The Morgan fingerprint density at radius 1 is 1.10 bits per heavy atom. The van der Waals surface area contributed by atoms with Crippen molar-refractivity contribution in [2.75, 3.05) is 38.2 Å². The highest BCUT2D eigenvalue weighted by Crippen LogP contribution is 2.40. The molecule has 2 fully saturated rings. The van der Waals surface area contributed by atoms with Gasteiger partial charge in [0.05, 0.1) is 17.7 Å². The summed E-state index contributed by atoms with van der Waals surface area (Å²) in [5, 5.41) is 13.8. The molecule has 2 aliphatic rings. The Bertz CT molecular complexity index is 1530. The molecule has 11 heteroatoms. The maximum Gasteiger partial charge on any atom is 0.256 e. The first kappa shape index (κ1) is 25.3. The summed E-state index contributed by atoms with van der Waals surface area (Å²) in [7, 11) is 1.49. The highest BCUT2D eigenvalue weighted by molar-refractivity contribution is 6.00. The van der Waals surface area contributed by atoms with Crippen LogP contribution in [0, 0.1) is 11.6 Å². The van der Waals surface area contributed by atoms with Crippen molar-refractivity contribution in [2.45, 2.75) is 37.5 Å². The molecular formula is C28H28F2N6O3. The van der Waals surface area contributed by atoms with Gasteiger partial charge in [0.1, 0.15) is 23.8 Å². The van der Waals surface area contributed by atoms with Gasteiger partial charge in [-0.25, -0.2) is 18.7 Å². The summed E-state index contributed by atoms with van der Waals surface area (Å²) in [6, 6.07) is 6.87. The lowest BCUT2D eigenvalue weighted by atomic mass is 9.95. The quantitative estimate of drug-likeness (QED) is 0.374. The molecule has 0 spiro atoms. The molecule has 0 bridgehead atoms. The molecule has 39 heavy (non-hydrogen) atoms. The zero-order chi connectivity index (χ0) is 27.1. The Morgan fingerprint density at radius 2 is 1.90 bits per heavy atom. The number of amides is 1. The van der Waals surface area contributed by atoms with E-state index in [9.17, 15) is 9.18 Å². The molecule has 0 atom stereocenters. The molecule has 1 saturated heterocycles. The fourth-order valence-electron chi connectivity index (χ4n) is 5.16. The Balaban J connectivity index is 1.27. The summed E-state index contributed by atoms with van der Waals surface area (Å²) in [6.07, 6.45) is 5.27. The number of carbonyl (C=O) groups is 1. The van der Waals surface area contributed by atoms with Crippen LogP contribution in [-0.2, 0) is 0 Å². The van der Waals surface area contributed by atoms with E-state index in [2.05, 4.69) is 25.0 Å². The Morgan fingerprint density at radius 3 is 2.62 bits per heavy atom. The topological polar surface area (TPSA) is 108 Å². The van der Waals surface area contributed by atoms with Crippen LogP contribution in [0.15, 0.2) is 41.2 Å². The maximum absolute atomic E-state index is 15.0. The molecule has 202 valence electrons. The SMILES string of the molecule is CN(CCO)C(=O)c1ccc(-c2cc(F)cc3c(N4CCC(c5noc(C6CC6)n5)CC4)ncnc23)cc1F. The summed E-state index contributed by atoms with van der Waals surface area (Å²) in [6.45, 7) is 1.23. The van der Waals surface area contributed by atoms with Gasteiger partial charge >= 0.3 is 0 Å². The number of fused-ring (bicyclic) bond motifs is 1. The molecule has 9 nitrogen and oxygen atoms in total. The molecular weight excluding hydrogens is 506 g/mol. The highest BCUT2D eigenvalue weighted by Gasteiger charge is 2.32. The van der Waals surface area contributed by atoms with E-state index < -0.39 is 17.5 Å². The van der Waals surface area contributed by atoms with Crippen LogP contribution in [0.3, 0.4) is 0 Å². The van der Waals surface area contributed by atoms with E-state index in [0.717, 1.165) is 37.4 Å². The van der Waals surface area contributed by atoms with Crippen molar-refractivity contribution in [3.63, 3.8) is 0 Å². The molecule has 3 heterocycles. The number of likely N-dealkylation sites (N-methyl/N-ethyl adjacent to an activating group) is 1. The minimum atomic E-state index is -0.734. The molecule has 2 aromatic heterocycles. The largest absolute Gasteiger partial charge is 0.395 e. The lowest BCUT2D eigenvalue weighted by Crippen LogP contribution is -2.34. The lowest BCUT2D eigenvalue weighted by molar-refractivity contribution is 0.0762. The molecule has 1 saturated carbocycles. The molecule has 0 radical (unpaired) electrons. The van der Waals surface area contributed by atoms with Gasteiger partial charge in [0, 0.05) is 49.5 Å². The third kappa shape index (κ3) is 4.94. The van der Waals surface area contributed by atoms with Gasteiger partial charge in [0.15, 0.2) is 5.82 Å². The van der Waals surface area contributed by atoms with E-state index >= 15 is 4.39 Å². The van der Waals surface area contributed by atoms with Gasteiger partial charge in [-0.2, -0.15) is 4.98 Å². The van der Waals surface area contributed by atoms with Crippen molar-refractivity contribution in [2.24, 2.45) is 0 Å².